The Morgan fingerprint density at radius 1 is 1.33 bits per heavy atom. The van der Waals surface area contributed by atoms with Crippen molar-refractivity contribution in [1.82, 2.24) is 0 Å². The van der Waals surface area contributed by atoms with Crippen LogP contribution in [0.25, 0.3) is 0 Å². The van der Waals surface area contributed by atoms with Gasteiger partial charge in [-0.2, -0.15) is 0 Å². The summed E-state index contributed by atoms with van der Waals surface area (Å²) in [6, 6.07) is 3.12. The fourth-order valence-corrected chi connectivity index (χ4v) is 2.79. The predicted molar refractivity (Wildman–Crippen MR) is 75.2 cm³/mol. The molecule has 0 unspecified atom stereocenters. The van der Waals surface area contributed by atoms with Gasteiger partial charge in [-0.05, 0) is 30.6 Å². The van der Waals surface area contributed by atoms with E-state index in [4.69, 9.17) is 16.0 Å². The van der Waals surface area contributed by atoms with Gasteiger partial charge < -0.3 is 9.53 Å². The summed E-state index contributed by atoms with van der Waals surface area (Å²) in [6.45, 7) is 9.90. The number of aromatic carboxylic acids is 1. The Kier molecular flexibility index (Phi) is 4.45. The van der Waals surface area contributed by atoms with Crippen LogP contribution < -0.4 is 4.43 Å². The second kappa shape index (κ2) is 5.32. The Morgan fingerprint density at radius 3 is 2.28 bits per heavy atom. The van der Waals surface area contributed by atoms with E-state index in [0.29, 0.717) is 10.8 Å². The van der Waals surface area contributed by atoms with E-state index in [2.05, 4.69) is 0 Å². The van der Waals surface area contributed by atoms with Crippen LogP contribution in [-0.4, -0.2) is 20.1 Å². The van der Waals surface area contributed by atoms with Crippen LogP contribution >= 0.6 is 11.6 Å². The molecule has 99 valence electrons. The van der Waals surface area contributed by atoms with Crippen LogP contribution in [0.3, 0.4) is 0 Å². The Labute approximate surface area is 114 Å². The van der Waals surface area contributed by atoms with Crippen molar-refractivity contribution in [1.29, 1.82) is 0 Å². The highest BCUT2D eigenvalue weighted by molar-refractivity contribution is 6.49. The first-order valence-electron chi connectivity index (χ1n) is 5.69. The van der Waals surface area contributed by atoms with E-state index in [1.807, 2.05) is 33.9 Å². The molecule has 0 saturated heterocycles. The highest BCUT2D eigenvalue weighted by Crippen LogP contribution is 2.39. The molecule has 1 N–H and O–H groups in total. The van der Waals surface area contributed by atoms with Gasteiger partial charge in [-0.3, -0.25) is 0 Å². The molecule has 0 aliphatic carbocycles. The molecule has 1 aromatic carbocycles. The first-order chi connectivity index (χ1) is 8.14. The zero-order valence-corrected chi connectivity index (χ0v) is 13.1. The first kappa shape index (κ1) is 15.1. The topological polar surface area (TPSA) is 46.5 Å². The summed E-state index contributed by atoms with van der Waals surface area (Å²) < 4.78 is 5.78. The molecule has 1 aromatic rings. The normalized spacial score (nSPS) is 11.7. The maximum atomic E-state index is 11.3. The lowest BCUT2D eigenvalue weighted by Gasteiger charge is -2.26. The molecule has 3 nitrogen and oxygen atoms in total. The number of carboxylic acids is 1. The minimum absolute atomic E-state index is 0.176. The second-order valence-electron chi connectivity index (χ2n) is 5.36. The second-order valence-corrected chi connectivity index (χ2v) is 7.79. The van der Waals surface area contributed by atoms with Crippen LogP contribution in [0.1, 0.15) is 36.7 Å². The Balaban J connectivity index is 3.55. The molecule has 0 aliphatic heterocycles. The maximum absolute atomic E-state index is 11.3. The van der Waals surface area contributed by atoms with E-state index < -0.39 is 15.0 Å². The lowest BCUT2D eigenvalue weighted by atomic mass is 9.85. The molecule has 18 heavy (non-hydrogen) atoms. The molecular formula is C13H18ClO3Si. The number of rotatable bonds is 3. The molecule has 0 atom stereocenters. The standard InChI is InChI=1S/C13H18ClO3Si/c1-13(2,3)10-9(14)7-6-8(12(15)16)11(10)17-18(4)5/h6-7H,1-5H3,(H,15,16). The number of carbonyl (C=O) groups is 1. The summed E-state index contributed by atoms with van der Waals surface area (Å²) in [6.07, 6.45) is 0. The average Bonchev–Trinajstić information content (AvgIpc) is 2.13. The van der Waals surface area contributed by atoms with Gasteiger partial charge >= 0.3 is 5.97 Å². The van der Waals surface area contributed by atoms with Crippen molar-refractivity contribution in [3.8, 4) is 5.75 Å². The minimum Gasteiger partial charge on any atom is -0.542 e. The monoisotopic (exact) mass is 285 g/mol. The summed E-state index contributed by atoms with van der Waals surface area (Å²) in [7, 11) is -1.06. The van der Waals surface area contributed by atoms with Crippen LogP contribution in [0.15, 0.2) is 12.1 Å². The molecule has 0 spiro atoms. The van der Waals surface area contributed by atoms with Crippen LogP contribution in [0, 0.1) is 0 Å². The van der Waals surface area contributed by atoms with E-state index in [0.717, 1.165) is 5.56 Å². The third-order valence-corrected chi connectivity index (χ3v) is 3.32. The van der Waals surface area contributed by atoms with Crippen LogP contribution in [0.2, 0.25) is 18.1 Å². The van der Waals surface area contributed by atoms with Gasteiger partial charge in [-0.25, -0.2) is 4.79 Å². The Bertz CT molecular complexity index is 464. The van der Waals surface area contributed by atoms with Gasteiger partial charge in [-0.1, -0.05) is 32.4 Å². The minimum atomic E-state index is -1.06. The zero-order valence-electron chi connectivity index (χ0n) is 11.3. The van der Waals surface area contributed by atoms with Crippen molar-refractivity contribution >= 4 is 26.6 Å². The van der Waals surface area contributed by atoms with E-state index in [-0.39, 0.29) is 11.0 Å². The summed E-state index contributed by atoms with van der Waals surface area (Å²) in [5.74, 6) is -0.572. The third-order valence-electron chi connectivity index (χ3n) is 2.39. The lowest BCUT2D eigenvalue weighted by molar-refractivity contribution is 0.0694. The predicted octanol–water partition coefficient (Wildman–Crippen LogP) is 3.97. The molecule has 0 amide bonds. The van der Waals surface area contributed by atoms with Crippen LogP contribution in [-0.2, 0) is 5.41 Å². The van der Waals surface area contributed by atoms with Crippen molar-refractivity contribution in [2.45, 2.75) is 39.3 Å². The largest absolute Gasteiger partial charge is 0.542 e. The molecular weight excluding hydrogens is 268 g/mol. The number of halogens is 1. The molecule has 0 fully saturated rings. The van der Waals surface area contributed by atoms with E-state index in [1.165, 1.54) is 6.07 Å². The summed E-state index contributed by atoms with van der Waals surface area (Å²) in [5.41, 5.74) is 0.667. The Morgan fingerprint density at radius 2 is 1.89 bits per heavy atom. The molecule has 5 heteroatoms. The van der Waals surface area contributed by atoms with Gasteiger partial charge in [0.2, 0.25) is 0 Å². The fraction of sp³-hybridized carbons (Fsp3) is 0.462. The van der Waals surface area contributed by atoms with Gasteiger partial charge in [-0.15, -0.1) is 0 Å². The van der Waals surface area contributed by atoms with Crippen LogP contribution in [0.4, 0.5) is 0 Å². The molecule has 1 radical (unpaired) electrons. The van der Waals surface area contributed by atoms with Crippen molar-refractivity contribution in [2.24, 2.45) is 0 Å². The molecule has 0 bridgehead atoms. The van der Waals surface area contributed by atoms with Gasteiger partial charge in [0.05, 0.1) is 0 Å². The molecule has 0 aromatic heterocycles. The molecule has 0 saturated carbocycles. The van der Waals surface area contributed by atoms with Crippen molar-refractivity contribution in [3.63, 3.8) is 0 Å². The van der Waals surface area contributed by atoms with E-state index in [1.54, 1.807) is 6.07 Å². The van der Waals surface area contributed by atoms with Crippen LogP contribution in [0.5, 0.6) is 5.75 Å². The van der Waals surface area contributed by atoms with Crippen molar-refractivity contribution in [2.75, 3.05) is 0 Å². The average molecular weight is 286 g/mol. The smallest absolute Gasteiger partial charge is 0.339 e. The number of hydrogen-bond acceptors (Lipinski definition) is 2. The van der Waals surface area contributed by atoms with Gasteiger partial charge in [0, 0.05) is 10.6 Å². The highest BCUT2D eigenvalue weighted by atomic mass is 35.5. The number of benzene rings is 1. The highest BCUT2D eigenvalue weighted by Gasteiger charge is 2.27. The molecule has 1 rings (SSSR count). The summed E-state index contributed by atoms with van der Waals surface area (Å²) in [5, 5.41) is 9.79. The first-order valence-corrected chi connectivity index (χ1v) is 8.47. The quantitative estimate of drug-likeness (QED) is 0.855. The van der Waals surface area contributed by atoms with Gasteiger partial charge in [0.25, 0.3) is 9.04 Å². The summed E-state index contributed by atoms with van der Waals surface area (Å²) in [4.78, 5) is 11.3. The van der Waals surface area contributed by atoms with Gasteiger partial charge in [0.1, 0.15) is 11.3 Å². The van der Waals surface area contributed by atoms with E-state index >= 15 is 0 Å². The summed E-state index contributed by atoms with van der Waals surface area (Å²) >= 11 is 6.21. The maximum Gasteiger partial charge on any atom is 0.339 e. The Hall–Kier alpha value is -1.00. The SMILES string of the molecule is C[Si](C)Oc1c(C(=O)O)ccc(Cl)c1C(C)(C)C. The molecule has 0 heterocycles. The number of carboxylic acid groups (broad SMARTS) is 1. The van der Waals surface area contributed by atoms with Crippen molar-refractivity contribution in [3.05, 3.63) is 28.3 Å². The third kappa shape index (κ3) is 3.27. The van der Waals surface area contributed by atoms with Gasteiger partial charge in [0.15, 0.2) is 0 Å². The molecule has 0 aliphatic rings. The lowest BCUT2D eigenvalue weighted by Crippen LogP contribution is -2.21. The number of hydrogen-bond donors (Lipinski definition) is 1. The fourth-order valence-electron chi connectivity index (χ4n) is 1.74. The van der Waals surface area contributed by atoms with E-state index in [9.17, 15) is 9.90 Å². The zero-order chi connectivity index (χ0) is 14.1. The van der Waals surface area contributed by atoms with Crippen molar-refractivity contribution < 1.29 is 14.3 Å².